The van der Waals surface area contributed by atoms with E-state index in [9.17, 15) is 0 Å². The van der Waals surface area contributed by atoms with Gasteiger partial charge in [-0.25, -0.2) is 0 Å². The van der Waals surface area contributed by atoms with Crippen LogP contribution in [0, 0.1) is 0 Å². The Bertz CT molecular complexity index is 377. The maximum absolute atomic E-state index is 5.92. The molecule has 18 heavy (non-hydrogen) atoms. The van der Waals surface area contributed by atoms with Crippen LogP contribution in [0.5, 0.6) is 0 Å². The topological polar surface area (TPSA) is 32.5 Å². The molecule has 3 nitrogen and oxygen atoms in total. The number of likely N-dealkylation sites (N-methyl/N-ethyl adjacent to an activating group) is 2. The predicted octanol–water partition coefficient (Wildman–Crippen LogP) is 2.34. The van der Waals surface area contributed by atoms with Crippen LogP contribution < -0.4 is 10.6 Å². The second kappa shape index (κ2) is 7.12. The number of halogens is 1. The summed E-state index contributed by atoms with van der Waals surface area (Å²) in [6, 6.07) is 6.61. The first-order valence-corrected chi connectivity index (χ1v) is 7.09. The summed E-state index contributed by atoms with van der Waals surface area (Å²) in [4.78, 5) is 4.49. The van der Waals surface area contributed by atoms with Crippen molar-refractivity contribution in [2.75, 3.05) is 39.1 Å². The molecule has 1 rings (SSSR count). The lowest BCUT2D eigenvalue weighted by molar-refractivity contribution is 0.416. The fraction of sp³-hybridized carbons (Fsp3) is 0.571. The Balaban J connectivity index is 2.86. The zero-order chi connectivity index (χ0) is 13.7. The number of nitrogens with zero attached hydrogens (tertiary/aromatic N) is 2. The molecule has 0 aliphatic rings. The Morgan fingerprint density at radius 2 is 1.89 bits per heavy atom. The molecule has 1 unspecified atom stereocenters. The van der Waals surface area contributed by atoms with E-state index in [-0.39, 0.29) is 6.04 Å². The van der Waals surface area contributed by atoms with E-state index >= 15 is 0 Å². The second-order valence-corrected chi connectivity index (χ2v) is 6.09. The highest BCUT2D eigenvalue weighted by molar-refractivity contribution is 9.10. The third-order valence-corrected chi connectivity index (χ3v) is 3.38. The molecule has 1 aromatic rings. The highest BCUT2D eigenvalue weighted by Gasteiger charge is 2.10. The Morgan fingerprint density at radius 1 is 1.22 bits per heavy atom. The van der Waals surface area contributed by atoms with Crippen LogP contribution in [0.15, 0.2) is 22.7 Å². The minimum atomic E-state index is 0.187. The van der Waals surface area contributed by atoms with Crippen molar-refractivity contribution in [1.29, 1.82) is 0 Å². The molecule has 0 spiro atoms. The van der Waals surface area contributed by atoms with Crippen LogP contribution in [-0.4, -0.2) is 45.2 Å². The third kappa shape index (κ3) is 4.96. The van der Waals surface area contributed by atoms with E-state index in [0.717, 1.165) is 24.0 Å². The predicted molar refractivity (Wildman–Crippen MR) is 83.3 cm³/mol. The summed E-state index contributed by atoms with van der Waals surface area (Å²) in [5.74, 6) is 0. The number of benzene rings is 1. The van der Waals surface area contributed by atoms with Crippen molar-refractivity contribution >= 4 is 21.6 Å². The summed E-state index contributed by atoms with van der Waals surface area (Å²) in [5.41, 5.74) is 8.50. The van der Waals surface area contributed by atoms with Gasteiger partial charge in [-0.05, 0) is 45.1 Å². The molecule has 0 radical (unpaired) electrons. The quantitative estimate of drug-likeness (QED) is 0.875. The van der Waals surface area contributed by atoms with Gasteiger partial charge in [-0.1, -0.05) is 22.0 Å². The highest BCUT2D eigenvalue weighted by Crippen LogP contribution is 2.25. The summed E-state index contributed by atoms with van der Waals surface area (Å²) in [6.45, 7) is 4.10. The lowest BCUT2D eigenvalue weighted by atomic mass is 10.0. The van der Waals surface area contributed by atoms with Gasteiger partial charge in [0.05, 0.1) is 0 Å². The molecule has 0 amide bonds. The highest BCUT2D eigenvalue weighted by atomic mass is 79.9. The molecule has 0 bridgehead atoms. The smallest absolute Gasteiger partial charge is 0.0408 e. The van der Waals surface area contributed by atoms with Gasteiger partial charge in [0.2, 0.25) is 0 Å². The van der Waals surface area contributed by atoms with Crippen LogP contribution in [0.3, 0.4) is 0 Å². The first-order chi connectivity index (χ1) is 8.40. The van der Waals surface area contributed by atoms with Crippen LogP contribution in [0.25, 0.3) is 0 Å². The van der Waals surface area contributed by atoms with Gasteiger partial charge in [0, 0.05) is 36.3 Å². The van der Waals surface area contributed by atoms with Gasteiger partial charge in [-0.2, -0.15) is 0 Å². The standard InChI is InChI=1S/C14H24BrN3/c1-11(16)9-12-5-6-13(15)10-14(12)18(4)8-7-17(2)3/h5-6,10-11H,7-9,16H2,1-4H3. The molecule has 0 aliphatic carbocycles. The van der Waals surface area contributed by atoms with E-state index in [0.29, 0.717) is 0 Å². The minimum absolute atomic E-state index is 0.187. The van der Waals surface area contributed by atoms with Gasteiger partial charge in [-0.15, -0.1) is 0 Å². The van der Waals surface area contributed by atoms with Gasteiger partial charge in [-0.3, -0.25) is 0 Å². The van der Waals surface area contributed by atoms with E-state index in [4.69, 9.17) is 5.73 Å². The molecular formula is C14H24BrN3. The SMILES string of the molecule is CC(N)Cc1ccc(Br)cc1N(C)CCN(C)C. The minimum Gasteiger partial charge on any atom is -0.373 e. The molecule has 0 fully saturated rings. The number of hydrogen-bond acceptors (Lipinski definition) is 3. The monoisotopic (exact) mass is 313 g/mol. The molecule has 0 aliphatic heterocycles. The zero-order valence-electron chi connectivity index (χ0n) is 11.8. The largest absolute Gasteiger partial charge is 0.373 e. The van der Waals surface area contributed by atoms with Crippen molar-refractivity contribution in [1.82, 2.24) is 4.90 Å². The summed E-state index contributed by atoms with van der Waals surface area (Å²) in [6.07, 6.45) is 0.912. The van der Waals surface area contributed by atoms with E-state index in [2.05, 4.69) is 65.1 Å². The summed E-state index contributed by atoms with van der Waals surface area (Å²) < 4.78 is 1.11. The van der Waals surface area contributed by atoms with Gasteiger partial charge in [0.25, 0.3) is 0 Å². The van der Waals surface area contributed by atoms with Crippen molar-refractivity contribution in [2.45, 2.75) is 19.4 Å². The molecule has 1 atom stereocenters. The Kier molecular flexibility index (Phi) is 6.12. The molecular weight excluding hydrogens is 290 g/mol. The molecule has 4 heteroatoms. The Morgan fingerprint density at radius 3 is 2.44 bits per heavy atom. The Hall–Kier alpha value is -0.580. The molecule has 102 valence electrons. The first-order valence-electron chi connectivity index (χ1n) is 6.30. The molecule has 2 N–H and O–H groups in total. The molecule has 0 saturated heterocycles. The van der Waals surface area contributed by atoms with Crippen LogP contribution in [0.4, 0.5) is 5.69 Å². The Labute approximate surface area is 119 Å². The fourth-order valence-electron chi connectivity index (χ4n) is 1.88. The van der Waals surface area contributed by atoms with E-state index in [1.54, 1.807) is 0 Å². The van der Waals surface area contributed by atoms with Crippen molar-refractivity contribution < 1.29 is 0 Å². The molecule has 0 aromatic heterocycles. The van der Waals surface area contributed by atoms with Crippen molar-refractivity contribution in [2.24, 2.45) is 5.73 Å². The molecule has 0 saturated carbocycles. The van der Waals surface area contributed by atoms with Gasteiger partial charge in [0.15, 0.2) is 0 Å². The molecule has 1 aromatic carbocycles. The van der Waals surface area contributed by atoms with Crippen LogP contribution >= 0.6 is 15.9 Å². The number of hydrogen-bond donors (Lipinski definition) is 1. The van der Waals surface area contributed by atoms with E-state index in [1.807, 2.05) is 6.92 Å². The van der Waals surface area contributed by atoms with Crippen molar-refractivity contribution in [3.05, 3.63) is 28.2 Å². The van der Waals surface area contributed by atoms with E-state index in [1.165, 1.54) is 11.3 Å². The van der Waals surface area contributed by atoms with Gasteiger partial charge in [0.1, 0.15) is 0 Å². The summed E-state index contributed by atoms with van der Waals surface area (Å²) >= 11 is 3.54. The number of nitrogens with two attached hydrogens (primary N) is 1. The van der Waals surface area contributed by atoms with Gasteiger partial charge < -0.3 is 15.5 Å². The number of rotatable bonds is 6. The maximum Gasteiger partial charge on any atom is 0.0408 e. The second-order valence-electron chi connectivity index (χ2n) is 5.18. The van der Waals surface area contributed by atoms with Crippen LogP contribution in [0.1, 0.15) is 12.5 Å². The third-order valence-electron chi connectivity index (χ3n) is 2.88. The average Bonchev–Trinajstić information content (AvgIpc) is 2.27. The summed E-state index contributed by atoms with van der Waals surface area (Å²) in [5, 5.41) is 0. The van der Waals surface area contributed by atoms with Crippen molar-refractivity contribution in [3.8, 4) is 0 Å². The fourth-order valence-corrected chi connectivity index (χ4v) is 2.23. The molecule has 0 heterocycles. The van der Waals surface area contributed by atoms with Crippen LogP contribution in [-0.2, 0) is 6.42 Å². The zero-order valence-corrected chi connectivity index (χ0v) is 13.4. The average molecular weight is 314 g/mol. The lowest BCUT2D eigenvalue weighted by Gasteiger charge is -2.25. The maximum atomic E-state index is 5.92. The van der Waals surface area contributed by atoms with Crippen LogP contribution in [0.2, 0.25) is 0 Å². The lowest BCUT2D eigenvalue weighted by Crippen LogP contribution is -2.29. The van der Waals surface area contributed by atoms with Gasteiger partial charge >= 0.3 is 0 Å². The normalized spacial score (nSPS) is 12.8. The number of anilines is 1. The summed E-state index contributed by atoms with van der Waals surface area (Å²) in [7, 11) is 6.32. The van der Waals surface area contributed by atoms with Crippen molar-refractivity contribution in [3.63, 3.8) is 0 Å². The van der Waals surface area contributed by atoms with E-state index < -0.39 is 0 Å². The first kappa shape index (κ1) is 15.5.